The van der Waals surface area contributed by atoms with E-state index in [-0.39, 0.29) is 25.2 Å². The summed E-state index contributed by atoms with van der Waals surface area (Å²) >= 11 is 0. The molecule has 5 nitrogen and oxygen atoms in total. The van der Waals surface area contributed by atoms with E-state index in [1.807, 2.05) is 0 Å². The summed E-state index contributed by atoms with van der Waals surface area (Å²) in [4.78, 5) is 25.4. The van der Waals surface area contributed by atoms with Crippen molar-refractivity contribution in [3.05, 3.63) is 72.9 Å². The zero-order chi connectivity index (χ0) is 44.9. The fraction of sp³-hybridized carbons (Fsp3) is 0.754. The van der Waals surface area contributed by atoms with Crippen LogP contribution in [0.25, 0.3) is 0 Å². The average molecular weight is 865 g/mol. The first-order valence-corrected chi connectivity index (χ1v) is 26.5. The van der Waals surface area contributed by atoms with Gasteiger partial charge in [-0.2, -0.15) is 0 Å². The van der Waals surface area contributed by atoms with E-state index in [4.69, 9.17) is 14.2 Å². The van der Waals surface area contributed by atoms with Crippen LogP contribution in [0.2, 0.25) is 0 Å². The molecule has 0 aliphatic heterocycles. The molecule has 0 saturated heterocycles. The minimum Gasteiger partial charge on any atom is -0.462 e. The molecule has 0 aliphatic rings. The second-order valence-corrected chi connectivity index (χ2v) is 17.4. The van der Waals surface area contributed by atoms with Crippen LogP contribution in [0.1, 0.15) is 252 Å². The summed E-state index contributed by atoms with van der Waals surface area (Å²) in [5, 5.41) is 0. The highest BCUT2D eigenvalue weighted by Gasteiger charge is 2.17. The van der Waals surface area contributed by atoms with Crippen LogP contribution in [0.15, 0.2) is 72.9 Å². The smallest absolute Gasteiger partial charge is 0.306 e. The standard InChI is InChI=1S/C57H100O5/c1-4-7-10-13-16-19-22-25-27-29-30-33-35-38-41-44-47-50-56(58)61-54-55(62-57(59)51-48-45-42-39-36-32-24-21-18-15-12-9-6-3)53-60-52-49-46-43-40-37-34-31-28-26-23-20-17-14-11-8-5-2/h8,11,16-17,19-20,25-28,34,37,55H,4-7,9-10,12-15,18,21-24,29-33,35-36,38-54H2,1-3H3/b11-8-,19-16-,20-17-,27-25-,28-26-,37-34-. The summed E-state index contributed by atoms with van der Waals surface area (Å²) in [5.74, 6) is -0.419. The van der Waals surface area contributed by atoms with E-state index in [0.717, 1.165) is 89.9 Å². The molecule has 5 heteroatoms. The molecule has 0 fully saturated rings. The lowest BCUT2D eigenvalue weighted by Gasteiger charge is -2.18. The number of hydrogen-bond donors (Lipinski definition) is 0. The molecule has 0 spiro atoms. The molecular formula is C57H100O5. The summed E-state index contributed by atoms with van der Waals surface area (Å²) in [5.41, 5.74) is 0. The third kappa shape index (κ3) is 50.0. The minimum atomic E-state index is -0.556. The monoisotopic (exact) mass is 865 g/mol. The van der Waals surface area contributed by atoms with E-state index in [9.17, 15) is 9.59 Å². The Morgan fingerprint density at radius 1 is 0.371 bits per heavy atom. The van der Waals surface area contributed by atoms with Gasteiger partial charge < -0.3 is 14.2 Å². The van der Waals surface area contributed by atoms with E-state index in [1.165, 1.54) is 128 Å². The summed E-state index contributed by atoms with van der Waals surface area (Å²) in [6.45, 7) is 7.63. The number of hydrogen-bond acceptors (Lipinski definition) is 5. The van der Waals surface area contributed by atoms with Gasteiger partial charge in [-0.15, -0.1) is 0 Å². The van der Waals surface area contributed by atoms with Gasteiger partial charge in [0.1, 0.15) is 6.61 Å². The Balaban J connectivity index is 4.32. The van der Waals surface area contributed by atoms with Gasteiger partial charge in [0, 0.05) is 19.4 Å². The first-order valence-electron chi connectivity index (χ1n) is 26.5. The van der Waals surface area contributed by atoms with E-state index in [0.29, 0.717) is 19.4 Å². The molecule has 0 heterocycles. The lowest BCUT2D eigenvalue weighted by Crippen LogP contribution is -2.30. The molecule has 0 aromatic heterocycles. The third-order valence-corrected chi connectivity index (χ3v) is 11.2. The van der Waals surface area contributed by atoms with Gasteiger partial charge in [-0.3, -0.25) is 9.59 Å². The van der Waals surface area contributed by atoms with Crippen molar-refractivity contribution in [1.29, 1.82) is 0 Å². The van der Waals surface area contributed by atoms with Gasteiger partial charge in [-0.05, 0) is 89.9 Å². The van der Waals surface area contributed by atoms with Gasteiger partial charge >= 0.3 is 11.9 Å². The van der Waals surface area contributed by atoms with Crippen LogP contribution in [-0.4, -0.2) is 37.9 Å². The number of ether oxygens (including phenoxy) is 3. The minimum absolute atomic E-state index is 0.0682. The summed E-state index contributed by atoms with van der Waals surface area (Å²) < 4.78 is 17.4. The summed E-state index contributed by atoms with van der Waals surface area (Å²) in [6.07, 6.45) is 67.7. The molecule has 62 heavy (non-hydrogen) atoms. The van der Waals surface area contributed by atoms with Crippen molar-refractivity contribution in [2.75, 3.05) is 19.8 Å². The van der Waals surface area contributed by atoms with Crippen molar-refractivity contribution >= 4 is 11.9 Å². The van der Waals surface area contributed by atoms with E-state index in [1.54, 1.807) is 0 Å². The Morgan fingerprint density at radius 2 is 0.726 bits per heavy atom. The highest BCUT2D eigenvalue weighted by molar-refractivity contribution is 5.70. The average Bonchev–Trinajstić information content (AvgIpc) is 3.27. The molecule has 1 atom stereocenters. The number of unbranched alkanes of at least 4 members (excludes halogenated alkanes) is 25. The maximum atomic E-state index is 12.8. The van der Waals surface area contributed by atoms with Crippen LogP contribution in [-0.2, 0) is 23.8 Å². The zero-order valence-electron chi connectivity index (χ0n) is 41.1. The molecule has 358 valence electrons. The largest absolute Gasteiger partial charge is 0.462 e. The van der Waals surface area contributed by atoms with Gasteiger partial charge in [-0.1, -0.05) is 222 Å². The predicted molar refractivity (Wildman–Crippen MR) is 270 cm³/mol. The van der Waals surface area contributed by atoms with Crippen molar-refractivity contribution in [2.24, 2.45) is 0 Å². The molecular weight excluding hydrogens is 765 g/mol. The number of allylic oxidation sites excluding steroid dienone is 12. The Kier molecular flexibility index (Phi) is 50.4. The number of esters is 2. The maximum Gasteiger partial charge on any atom is 0.306 e. The fourth-order valence-corrected chi connectivity index (χ4v) is 7.30. The summed E-state index contributed by atoms with van der Waals surface area (Å²) in [7, 11) is 0. The van der Waals surface area contributed by atoms with Crippen molar-refractivity contribution in [1.82, 2.24) is 0 Å². The molecule has 0 amide bonds. The van der Waals surface area contributed by atoms with Gasteiger partial charge in [0.15, 0.2) is 6.10 Å². The number of carbonyl (C=O) groups excluding carboxylic acids is 2. The first kappa shape index (κ1) is 59.3. The zero-order valence-corrected chi connectivity index (χ0v) is 41.1. The lowest BCUT2D eigenvalue weighted by atomic mass is 10.0. The molecule has 1 unspecified atom stereocenters. The fourth-order valence-electron chi connectivity index (χ4n) is 7.30. The highest BCUT2D eigenvalue weighted by atomic mass is 16.6. The Bertz CT molecular complexity index is 1110. The van der Waals surface area contributed by atoms with Crippen molar-refractivity contribution < 1.29 is 23.8 Å². The molecule has 0 rings (SSSR count). The van der Waals surface area contributed by atoms with Crippen LogP contribution >= 0.6 is 0 Å². The van der Waals surface area contributed by atoms with E-state index < -0.39 is 6.10 Å². The molecule has 0 radical (unpaired) electrons. The quantitative estimate of drug-likeness (QED) is 0.0346. The number of carbonyl (C=O) groups is 2. The van der Waals surface area contributed by atoms with Crippen LogP contribution in [0.5, 0.6) is 0 Å². The van der Waals surface area contributed by atoms with Gasteiger partial charge in [0.25, 0.3) is 0 Å². The highest BCUT2D eigenvalue weighted by Crippen LogP contribution is 2.15. The third-order valence-electron chi connectivity index (χ3n) is 11.2. The van der Waals surface area contributed by atoms with Gasteiger partial charge in [0.05, 0.1) is 6.61 Å². The van der Waals surface area contributed by atoms with Gasteiger partial charge in [0.2, 0.25) is 0 Å². The van der Waals surface area contributed by atoms with E-state index >= 15 is 0 Å². The van der Waals surface area contributed by atoms with Crippen LogP contribution in [0.4, 0.5) is 0 Å². The second-order valence-electron chi connectivity index (χ2n) is 17.4. The second kappa shape index (κ2) is 52.7. The van der Waals surface area contributed by atoms with Crippen LogP contribution in [0.3, 0.4) is 0 Å². The van der Waals surface area contributed by atoms with Crippen LogP contribution in [0, 0.1) is 0 Å². The molecule has 0 bridgehead atoms. The lowest BCUT2D eigenvalue weighted by molar-refractivity contribution is -0.163. The normalized spacial score (nSPS) is 12.8. The molecule has 0 saturated carbocycles. The summed E-state index contributed by atoms with van der Waals surface area (Å²) in [6, 6.07) is 0. The SMILES string of the molecule is CC/C=C\C/C=C\C/C=C\C/C=C\CCCCCOCC(COC(=O)CCCCCCCCC/C=C\C/C=C\CCCCC)OC(=O)CCCCCCCCCCCCCCC. The molecule has 0 N–H and O–H groups in total. The Hall–Kier alpha value is -2.66. The number of rotatable bonds is 48. The van der Waals surface area contributed by atoms with E-state index in [2.05, 4.69) is 93.7 Å². The molecule has 0 aromatic carbocycles. The Labute approximate surface area is 385 Å². The van der Waals surface area contributed by atoms with Gasteiger partial charge in [-0.25, -0.2) is 0 Å². The van der Waals surface area contributed by atoms with Crippen molar-refractivity contribution in [2.45, 2.75) is 258 Å². The van der Waals surface area contributed by atoms with Crippen molar-refractivity contribution in [3.63, 3.8) is 0 Å². The molecule has 0 aromatic rings. The molecule has 0 aliphatic carbocycles. The van der Waals surface area contributed by atoms with Crippen molar-refractivity contribution in [3.8, 4) is 0 Å². The van der Waals surface area contributed by atoms with Crippen LogP contribution < -0.4 is 0 Å². The predicted octanol–water partition coefficient (Wildman–Crippen LogP) is 17.9. The maximum absolute atomic E-state index is 12.8. The topological polar surface area (TPSA) is 61.8 Å². The Morgan fingerprint density at radius 3 is 1.19 bits per heavy atom. The first-order chi connectivity index (χ1) is 30.6.